The van der Waals surface area contributed by atoms with E-state index in [1.807, 2.05) is 0 Å². The molecule has 0 aromatic heterocycles. The number of amides is 1. The Kier molecular flexibility index (Phi) is 3.78. The van der Waals surface area contributed by atoms with Gasteiger partial charge in [0, 0.05) is 11.6 Å². The number of carbonyl (C=O) groups is 1. The van der Waals surface area contributed by atoms with E-state index < -0.39 is 5.82 Å². The number of hydrogen-bond acceptors (Lipinski definition) is 2. The van der Waals surface area contributed by atoms with Gasteiger partial charge in [-0.3, -0.25) is 4.79 Å². The van der Waals surface area contributed by atoms with Crippen LogP contribution in [0.25, 0.3) is 0 Å². The molecule has 1 saturated carbocycles. The minimum Gasteiger partial charge on any atom is -0.396 e. The quantitative estimate of drug-likeness (QED) is 0.806. The van der Waals surface area contributed by atoms with Gasteiger partial charge in [-0.1, -0.05) is 13.8 Å². The number of nitrogens with one attached hydrogen (secondary N) is 1. The van der Waals surface area contributed by atoms with E-state index in [1.165, 1.54) is 18.2 Å². The van der Waals surface area contributed by atoms with Crippen LogP contribution in [0, 0.1) is 11.2 Å². The standard InChI is InChI=1S/C15H21FN2O/c1-15(2)7-5-11(6-8-15)18-14(19)10-3-4-12(16)13(17)9-10/h3-4,9,11H,5-8,17H2,1-2H3,(H,18,19). The molecule has 3 nitrogen and oxygen atoms in total. The van der Waals surface area contributed by atoms with Gasteiger partial charge in [0.25, 0.3) is 5.91 Å². The molecule has 104 valence electrons. The van der Waals surface area contributed by atoms with Gasteiger partial charge < -0.3 is 11.1 Å². The Bertz CT molecular complexity index is 475. The molecule has 1 aromatic carbocycles. The van der Waals surface area contributed by atoms with Crippen molar-refractivity contribution in [2.24, 2.45) is 5.41 Å². The lowest BCUT2D eigenvalue weighted by molar-refractivity contribution is 0.0909. The summed E-state index contributed by atoms with van der Waals surface area (Å²) in [6.07, 6.45) is 4.22. The number of benzene rings is 1. The lowest BCUT2D eigenvalue weighted by Crippen LogP contribution is -2.39. The minimum absolute atomic E-state index is 0.0115. The van der Waals surface area contributed by atoms with Crippen molar-refractivity contribution in [3.8, 4) is 0 Å². The number of rotatable bonds is 2. The van der Waals surface area contributed by atoms with Crippen LogP contribution in [0.2, 0.25) is 0 Å². The second kappa shape index (κ2) is 5.19. The van der Waals surface area contributed by atoms with Gasteiger partial charge in [-0.25, -0.2) is 4.39 Å². The van der Waals surface area contributed by atoms with Crippen LogP contribution in [0.3, 0.4) is 0 Å². The van der Waals surface area contributed by atoms with Crippen molar-refractivity contribution >= 4 is 11.6 Å². The van der Waals surface area contributed by atoms with Gasteiger partial charge in [-0.05, 0) is 49.3 Å². The molecule has 0 unspecified atom stereocenters. The van der Waals surface area contributed by atoms with E-state index in [0.717, 1.165) is 25.7 Å². The lowest BCUT2D eigenvalue weighted by atomic mass is 9.75. The Hall–Kier alpha value is -1.58. The molecule has 19 heavy (non-hydrogen) atoms. The van der Waals surface area contributed by atoms with Crippen LogP contribution in [0.4, 0.5) is 10.1 Å². The molecule has 1 aliphatic rings. The number of nitrogens with two attached hydrogens (primary N) is 1. The average Bonchev–Trinajstić information content (AvgIpc) is 2.35. The second-order valence-corrected chi connectivity index (χ2v) is 6.15. The molecule has 0 saturated heterocycles. The monoisotopic (exact) mass is 264 g/mol. The summed E-state index contributed by atoms with van der Waals surface area (Å²) in [5.74, 6) is -0.660. The second-order valence-electron chi connectivity index (χ2n) is 6.15. The summed E-state index contributed by atoms with van der Waals surface area (Å²) in [6.45, 7) is 4.51. The fourth-order valence-corrected chi connectivity index (χ4v) is 2.50. The fourth-order valence-electron chi connectivity index (χ4n) is 2.50. The summed E-state index contributed by atoms with van der Waals surface area (Å²) in [7, 11) is 0. The fraction of sp³-hybridized carbons (Fsp3) is 0.533. The van der Waals surface area contributed by atoms with Crippen LogP contribution >= 0.6 is 0 Å². The molecule has 3 N–H and O–H groups in total. The van der Waals surface area contributed by atoms with E-state index in [9.17, 15) is 9.18 Å². The van der Waals surface area contributed by atoms with E-state index in [1.54, 1.807) is 0 Å². The zero-order chi connectivity index (χ0) is 14.0. The molecule has 0 bridgehead atoms. The van der Waals surface area contributed by atoms with Crippen LogP contribution in [0.15, 0.2) is 18.2 Å². The number of hydrogen-bond donors (Lipinski definition) is 2. The summed E-state index contributed by atoms with van der Waals surface area (Å²) in [5, 5.41) is 3.00. The van der Waals surface area contributed by atoms with E-state index in [2.05, 4.69) is 19.2 Å². The SMILES string of the molecule is CC1(C)CCC(NC(=O)c2ccc(F)c(N)c2)CC1. The van der Waals surface area contributed by atoms with Crippen molar-refractivity contribution in [2.45, 2.75) is 45.6 Å². The molecule has 1 aliphatic carbocycles. The van der Waals surface area contributed by atoms with Crippen molar-refractivity contribution in [3.63, 3.8) is 0 Å². The molecule has 1 amide bonds. The highest BCUT2D eigenvalue weighted by Crippen LogP contribution is 2.35. The first-order chi connectivity index (χ1) is 8.87. The van der Waals surface area contributed by atoms with Gasteiger partial charge in [0.05, 0.1) is 5.69 Å². The highest BCUT2D eigenvalue weighted by molar-refractivity contribution is 5.95. The summed E-state index contributed by atoms with van der Waals surface area (Å²) >= 11 is 0. The van der Waals surface area contributed by atoms with Crippen molar-refractivity contribution in [1.82, 2.24) is 5.32 Å². The Morgan fingerprint density at radius 1 is 1.37 bits per heavy atom. The third-order valence-corrected chi connectivity index (χ3v) is 3.93. The maximum atomic E-state index is 13.0. The molecule has 0 aliphatic heterocycles. The van der Waals surface area contributed by atoms with Crippen molar-refractivity contribution in [3.05, 3.63) is 29.6 Å². The number of anilines is 1. The van der Waals surface area contributed by atoms with Crippen molar-refractivity contribution in [1.29, 1.82) is 0 Å². The van der Waals surface area contributed by atoms with Crippen LogP contribution in [-0.4, -0.2) is 11.9 Å². The van der Waals surface area contributed by atoms with Crippen LogP contribution in [0.5, 0.6) is 0 Å². The smallest absolute Gasteiger partial charge is 0.251 e. The highest BCUT2D eigenvalue weighted by atomic mass is 19.1. The first kappa shape index (κ1) is 13.8. The normalized spacial score (nSPS) is 19.1. The maximum absolute atomic E-state index is 13.0. The molecule has 0 spiro atoms. The maximum Gasteiger partial charge on any atom is 0.251 e. The van der Waals surface area contributed by atoms with Gasteiger partial charge in [0.2, 0.25) is 0 Å². The molecular weight excluding hydrogens is 243 g/mol. The zero-order valence-electron chi connectivity index (χ0n) is 11.5. The third-order valence-electron chi connectivity index (χ3n) is 3.93. The molecule has 4 heteroatoms. The highest BCUT2D eigenvalue weighted by Gasteiger charge is 2.27. The predicted octanol–water partition coefficient (Wildman–Crippen LogP) is 3.11. The molecule has 2 rings (SSSR count). The van der Waals surface area contributed by atoms with E-state index in [4.69, 9.17) is 5.73 Å². The minimum atomic E-state index is -0.490. The van der Waals surface area contributed by atoms with E-state index in [-0.39, 0.29) is 17.6 Å². The zero-order valence-corrected chi connectivity index (χ0v) is 11.5. The number of nitrogen functional groups attached to an aromatic ring is 1. The number of halogens is 1. The third kappa shape index (κ3) is 3.46. The molecule has 1 aromatic rings. The van der Waals surface area contributed by atoms with Crippen LogP contribution in [-0.2, 0) is 0 Å². The van der Waals surface area contributed by atoms with E-state index in [0.29, 0.717) is 11.0 Å². The molecule has 0 heterocycles. The van der Waals surface area contributed by atoms with Gasteiger partial charge in [0.1, 0.15) is 5.82 Å². The average molecular weight is 264 g/mol. The molecule has 0 atom stereocenters. The van der Waals surface area contributed by atoms with E-state index >= 15 is 0 Å². The van der Waals surface area contributed by atoms with Gasteiger partial charge in [-0.2, -0.15) is 0 Å². The predicted molar refractivity (Wildman–Crippen MR) is 74.3 cm³/mol. The molecule has 0 radical (unpaired) electrons. The summed E-state index contributed by atoms with van der Waals surface area (Å²) in [6, 6.07) is 4.30. The summed E-state index contributed by atoms with van der Waals surface area (Å²) < 4.78 is 13.0. The largest absolute Gasteiger partial charge is 0.396 e. The van der Waals surface area contributed by atoms with Crippen LogP contribution < -0.4 is 11.1 Å². The Morgan fingerprint density at radius 2 is 2.00 bits per heavy atom. The van der Waals surface area contributed by atoms with Crippen molar-refractivity contribution in [2.75, 3.05) is 5.73 Å². The first-order valence-electron chi connectivity index (χ1n) is 6.73. The summed E-state index contributed by atoms with van der Waals surface area (Å²) in [4.78, 5) is 12.0. The van der Waals surface area contributed by atoms with Gasteiger partial charge >= 0.3 is 0 Å². The molecule has 1 fully saturated rings. The Morgan fingerprint density at radius 3 is 2.58 bits per heavy atom. The topological polar surface area (TPSA) is 55.1 Å². The van der Waals surface area contributed by atoms with Gasteiger partial charge in [-0.15, -0.1) is 0 Å². The summed E-state index contributed by atoms with van der Waals surface area (Å²) in [5.41, 5.74) is 6.28. The van der Waals surface area contributed by atoms with Gasteiger partial charge in [0.15, 0.2) is 0 Å². The Labute approximate surface area is 113 Å². The lowest BCUT2D eigenvalue weighted by Gasteiger charge is -2.34. The number of carbonyl (C=O) groups excluding carboxylic acids is 1. The van der Waals surface area contributed by atoms with Crippen LogP contribution in [0.1, 0.15) is 49.9 Å². The molecular formula is C15H21FN2O. The Balaban J connectivity index is 1.96. The first-order valence-corrected chi connectivity index (χ1v) is 6.73. The van der Waals surface area contributed by atoms with Crippen molar-refractivity contribution < 1.29 is 9.18 Å².